The number of hydrogen-bond acceptors (Lipinski definition) is 0. The maximum absolute atomic E-state index is 4.19. The van der Waals surface area contributed by atoms with E-state index in [2.05, 4.69) is 92.7 Å². The Morgan fingerprint density at radius 1 is 0.969 bits per heavy atom. The fourth-order valence-corrected chi connectivity index (χ4v) is 2.83. The van der Waals surface area contributed by atoms with Crippen LogP contribution in [0.1, 0.15) is 89.9 Å². The summed E-state index contributed by atoms with van der Waals surface area (Å²) >= 11 is 0. The van der Waals surface area contributed by atoms with E-state index >= 15 is 0 Å². The van der Waals surface area contributed by atoms with Crippen molar-refractivity contribution in [2.24, 2.45) is 0 Å². The van der Waals surface area contributed by atoms with Gasteiger partial charge in [-0.2, -0.15) is 0 Å². The summed E-state index contributed by atoms with van der Waals surface area (Å²) in [6.45, 7) is 26.4. The second-order valence-corrected chi connectivity index (χ2v) is 6.49. The summed E-state index contributed by atoms with van der Waals surface area (Å²) in [6.07, 6.45) is 14.5. The van der Waals surface area contributed by atoms with Crippen LogP contribution in [0, 0.1) is 6.92 Å². The minimum absolute atomic E-state index is 0.963. The third kappa shape index (κ3) is 11.6. The molecule has 0 aliphatic carbocycles. The lowest BCUT2D eigenvalue weighted by Gasteiger charge is -2.01. The van der Waals surface area contributed by atoms with Crippen LogP contribution < -0.4 is 0 Å². The normalized spacial score (nSPS) is 10.5. The van der Waals surface area contributed by atoms with Gasteiger partial charge in [-0.1, -0.05) is 128 Å². The topological polar surface area (TPSA) is 15.8 Å². The molecule has 0 amide bonds. The van der Waals surface area contributed by atoms with Crippen molar-refractivity contribution in [2.75, 3.05) is 0 Å². The third-order valence-corrected chi connectivity index (χ3v) is 4.22. The first-order valence-electron chi connectivity index (χ1n) is 12.2. The van der Waals surface area contributed by atoms with Gasteiger partial charge in [-0.15, -0.1) is 0 Å². The lowest BCUT2D eigenvalue weighted by Crippen LogP contribution is -1.87. The van der Waals surface area contributed by atoms with Crippen molar-refractivity contribution in [3.8, 4) is 0 Å². The summed E-state index contributed by atoms with van der Waals surface area (Å²) in [5.74, 6) is 0. The number of nitrogens with one attached hydrogen (secondary N) is 1. The number of hydrogen-bond donors (Lipinski definition) is 1. The Labute approximate surface area is 199 Å². The van der Waals surface area contributed by atoms with Crippen molar-refractivity contribution < 1.29 is 0 Å². The molecule has 1 aromatic heterocycles. The zero-order valence-corrected chi connectivity index (χ0v) is 22.2. The first kappa shape index (κ1) is 31.4. The van der Waals surface area contributed by atoms with Crippen molar-refractivity contribution in [3.63, 3.8) is 0 Å². The lowest BCUT2D eigenvalue weighted by atomic mass is 10.1. The highest BCUT2D eigenvalue weighted by molar-refractivity contribution is 5.77. The van der Waals surface area contributed by atoms with E-state index in [0.29, 0.717) is 0 Å². The largest absolute Gasteiger partial charge is 0.358 e. The molecule has 0 aliphatic heterocycles. The minimum Gasteiger partial charge on any atom is -0.358 e. The van der Waals surface area contributed by atoms with E-state index in [1.165, 1.54) is 22.4 Å². The smallest absolute Gasteiger partial charge is 0.0462 e. The Kier molecular flexibility index (Phi) is 19.7. The average molecular weight is 434 g/mol. The monoisotopic (exact) mass is 433 g/mol. The quantitative estimate of drug-likeness (QED) is 0.398. The number of aryl methyl sites for hydroxylation is 2. The highest BCUT2D eigenvalue weighted by Gasteiger charge is 2.07. The van der Waals surface area contributed by atoms with Crippen molar-refractivity contribution in [1.82, 2.24) is 4.98 Å². The van der Waals surface area contributed by atoms with E-state index in [1.807, 2.05) is 54.5 Å². The van der Waals surface area contributed by atoms with Crippen LogP contribution >= 0.6 is 0 Å². The van der Waals surface area contributed by atoms with E-state index in [9.17, 15) is 0 Å². The van der Waals surface area contributed by atoms with E-state index in [0.717, 1.165) is 29.7 Å². The Morgan fingerprint density at radius 3 is 2.06 bits per heavy atom. The third-order valence-electron chi connectivity index (χ3n) is 4.22. The van der Waals surface area contributed by atoms with Gasteiger partial charge in [-0.3, -0.25) is 0 Å². The van der Waals surface area contributed by atoms with Crippen molar-refractivity contribution >= 4 is 17.7 Å². The SMILES string of the molecule is C=Cc1cc(C(/C=C\C)=C/C(=C)/C=C/c2ccc(C)cc2)[nH]c1CCC.CC.CC.CC. The lowest BCUT2D eigenvalue weighted by molar-refractivity contribution is 0.889. The van der Waals surface area contributed by atoms with Gasteiger partial charge in [-0.05, 0) is 54.7 Å². The van der Waals surface area contributed by atoms with Gasteiger partial charge in [0.2, 0.25) is 0 Å². The molecule has 176 valence electrons. The molecule has 0 unspecified atom stereocenters. The zero-order valence-electron chi connectivity index (χ0n) is 22.2. The fourth-order valence-electron chi connectivity index (χ4n) is 2.83. The molecule has 0 saturated heterocycles. The molecular formula is C31H47N. The van der Waals surface area contributed by atoms with Crippen LogP contribution in [0.2, 0.25) is 0 Å². The first-order valence-corrected chi connectivity index (χ1v) is 12.2. The second-order valence-electron chi connectivity index (χ2n) is 6.49. The average Bonchev–Trinajstić information content (AvgIpc) is 3.25. The molecule has 0 aliphatic rings. The number of benzene rings is 1. The molecular weight excluding hydrogens is 386 g/mol. The Bertz CT molecular complexity index is 839. The maximum Gasteiger partial charge on any atom is 0.0462 e. The van der Waals surface area contributed by atoms with Crippen LogP contribution in [0.4, 0.5) is 0 Å². The molecule has 0 atom stereocenters. The Hall–Kier alpha value is -2.80. The Morgan fingerprint density at radius 2 is 1.56 bits per heavy atom. The summed E-state index contributed by atoms with van der Waals surface area (Å²) < 4.78 is 0. The van der Waals surface area contributed by atoms with Gasteiger partial charge in [0.1, 0.15) is 0 Å². The van der Waals surface area contributed by atoms with Gasteiger partial charge in [-0.25, -0.2) is 0 Å². The minimum atomic E-state index is 0.963. The molecule has 0 fully saturated rings. The number of allylic oxidation sites excluding steroid dienone is 6. The molecule has 1 heterocycles. The molecule has 2 aromatic rings. The molecule has 0 radical (unpaired) electrons. The molecule has 1 heteroatoms. The van der Waals surface area contributed by atoms with E-state index in [1.54, 1.807) is 0 Å². The van der Waals surface area contributed by atoms with Crippen molar-refractivity contribution in [2.45, 2.75) is 75.2 Å². The number of rotatable bonds is 8. The molecule has 1 nitrogen and oxygen atoms in total. The van der Waals surface area contributed by atoms with Gasteiger partial charge in [0.05, 0.1) is 0 Å². The van der Waals surface area contributed by atoms with Gasteiger partial charge in [0, 0.05) is 11.4 Å². The molecule has 2 rings (SSSR count). The predicted molar refractivity (Wildman–Crippen MR) is 151 cm³/mol. The van der Waals surface area contributed by atoms with Gasteiger partial charge in [0.25, 0.3) is 0 Å². The zero-order chi connectivity index (χ0) is 24.9. The van der Waals surface area contributed by atoms with Crippen molar-refractivity contribution in [3.05, 3.63) is 101 Å². The molecule has 0 saturated carbocycles. The van der Waals surface area contributed by atoms with Crippen LogP contribution in [-0.2, 0) is 6.42 Å². The highest BCUT2D eigenvalue weighted by Crippen LogP contribution is 2.23. The standard InChI is InChI=1S/C25H29N.3C2H6/c1-6-9-23(25-18-22(8-3)24(26-25)10-7-2)17-20(5)13-16-21-14-11-19(4)12-15-21;3*1-2/h6,8-9,11-18,26H,3,5,7,10H2,1-2,4H3;3*1-2H3/b9-6-,16-13+,23-17+;;;. The van der Waals surface area contributed by atoms with Crippen LogP contribution in [0.5, 0.6) is 0 Å². The molecule has 1 N–H and O–H groups in total. The number of aromatic amines is 1. The summed E-state index contributed by atoms with van der Waals surface area (Å²) in [7, 11) is 0. The summed E-state index contributed by atoms with van der Waals surface area (Å²) in [4.78, 5) is 3.55. The van der Waals surface area contributed by atoms with E-state index in [4.69, 9.17) is 0 Å². The van der Waals surface area contributed by atoms with Gasteiger partial charge < -0.3 is 4.98 Å². The molecule has 1 aromatic carbocycles. The number of aromatic nitrogens is 1. The maximum atomic E-state index is 4.19. The van der Waals surface area contributed by atoms with E-state index < -0.39 is 0 Å². The van der Waals surface area contributed by atoms with Crippen LogP contribution in [0.25, 0.3) is 17.7 Å². The van der Waals surface area contributed by atoms with Gasteiger partial charge in [0.15, 0.2) is 0 Å². The molecule has 0 bridgehead atoms. The highest BCUT2D eigenvalue weighted by atomic mass is 14.7. The second kappa shape index (κ2) is 20.1. The first-order chi connectivity index (χ1) is 15.6. The summed E-state index contributed by atoms with van der Waals surface area (Å²) in [5, 5.41) is 0. The van der Waals surface area contributed by atoms with E-state index in [-0.39, 0.29) is 0 Å². The number of H-pyrrole nitrogens is 1. The van der Waals surface area contributed by atoms with Crippen LogP contribution in [0.3, 0.4) is 0 Å². The van der Waals surface area contributed by atoms with Crippen LogP contribution in [0.15, 0.2) is 73.4 Å². The summed E-state index contributed by atoms with van der Waals surface area (Å²) in [5.41, 5.74) is 8.06. The molecule has 0 spiro atoms. The van der Waals surface area contributed by atoms with Gasteiger partial charge >= 0.3 is 0 Å². The molecule has 32 heavy (non-hydrogen) atoms. The van der Waals surface area contributed by atoms with Crippen molar-refractivity contribution in [1.29, 1.82) is 0 Å². The van der Waals surface area contributed by atoms with Crippen LogP contribution in [-0.4, -0.2) is 4.98 Å². The summed E-state index contributed by atoms with van der Waals surface area (Å²) in [6, 6.07) is 10.6. The predicted octanol–water partition coefficient (Wildman–Crippen LogP) is 10.2. The fraction of sp³-hybridized carbons (Fsp3) is 0.355. The Balaban J connectivity index is 0.